The molecular weight excluding hydrogens is 171 g/mol. The van der Waals surface area contributed by atoms with E-state index in [1.54, 1.807) is 7.62 Å². The summed E-state index contributed by atoms with van der Waals surface area (Å²) in [6, 6.07) is -0.269. The van der Waals surface area contributed by atoms with Gasteiger partial charge in [-0.15, -0.1) is 0 Å². The zero-order valence-electron chi connectivity index (χ0n) is 7.45. The summed E-state index contributed by atoms with van der Waals surface area (Å²) in [5.74, 6) is -0.720. The lowest BCUT2D eigenvalue weighted by atomic mass is 10.2. The Labute approximate surface area is 78.1 Å². The summed E-state index contributed by atoms with van der Waals surface area (Å²) >= 11 is 0. The Morgan fingerprint density at radius 1 is 1.54 bits per heavy atom. The van der Waals surface area contributed by atoms with Crippen molar-refractivity contribution in [3.05, 3.63) is 0 Å². The Hall–Kier alpha value is -0.585. The molecule has 2 fully saturated rings. The van der Waals surface area contributed by atoms with E-state index in [1.165, 1.54) is 0 Å². The first-order chi connectivity index (χ1) is 6.30. The third-order valence-electron chi connectivity index (χ3n) is 1.89. The SMILES string of the molecule is O=C(O)[C@@H]1CCCN1.[B]1NCCO1. The molecule has 2 rings (SSSR count). The first kappa shape index (κ1) is 10.5. The van der Waals surface area contributed by atoms with Gasteiger partial charge in [0, 0.05) is 13.2 Å². The third-order valence-corrected chi connectivity index (χ3v) is 1.89. The number of carboxylic acid groups (broad SMARTS) is 1. The molecule has 13 heavy (non-hydrogen) atoms. The van der Waals surface area contributed by atoms with E-state index in [1.807, 2.05) is 0 Å². The van der Waals surface area contributed by atoms with Crippen molar-refractivity contribution >= 4 is 13.6 Å². The van der Waals surface area contributed by atoms with Crippen LogP contribution in [0.4, 0.5) is 0 Å². The van der Waals surface area contributed by atoms with Crippen molar-refractivity contribution in [3.8, 4) is 0 Å². The highest BCUT2D eigenvalue weighted by atomic mass is 16.4. The van der Waals surface area contributed by atoms with Gasteiger partial charge in [0.1, 0.15) is 6.04 Å². The van der Waals surface area contributed by atoms with Gasteiger partial charge in [0.05, 0.1) is 0 Å². The molecule has 0 aromatic carbocycles. The molecule has 6 heteroatoms. The van der Waals surface area contributed by atoms with Gasteiger partial charge in [-0.1, -0.05) is 0 Å². The number of nitrogens with one attached hydrogen (secondary N) is 2. The molecule has 2 heterocycles. The Bertz CT molecular complexity index is 150. The maximum absolute atomic E-state index is 10.1. The van der Waals surface area contributed by atoms with E-state index < -0.39 is 5.97 Å². The predicted octanol–water partition coefficient (Wildman–Crippen LogP) is -1.04. The molecule has 0 aliphatic carbocycles. The molecule has 0 aromatic heterocycles. The van der Waals surface area contributed by atoms with Gasteiger partial charge in [-0.3, -0.25) is 4.79 Å². The maximum Gasteiger partial charge on any atom is 0.395 e. The molecule has 3 N–H and O–H groups in total. The highest BCUT2D eigenvalue weighted by Crippen LogP contribution is 2.03. The first-order valence-corrected chi connectivity index (χ1v) is 4.43. The topological polar surface area (TPSA) is 70.6 Å². The zero-order valence-corrected chi connectivity index (χ0v) is 7.45. The molecule has 2 saturated heterocycles. The van der Waals surface area contributed by atoms with E-state index in [0.717, 1.165) is 32.5 Å². The van der Waals surface area contributed by atoms with Crippen LogP contribution in [0.1, 0.15) is 12.8 Å². The van der Waals surface area contributed by atoms with Crippen molar-refractivity contribution in [1.29, 1.82) is 0 Å². The van der Waals surface area contributed by atoms with Gasteiger partial charge in [0.2, 0.25) is 0 Å². The molecule has 0 amide bonds. The number of aliphatic carboxylic acids is 1. The summed E-state index contributed by atoms with van der Waals surface area (Å²) in [5.41, 5.74) is 0. The van der Waals surface area contributed by atoms with Gasteiger partial charge >= 0.3 is 13.6 Å². The van der Waals surface area contributed by atoms with Crippen LogP contribution in [0.5, 0.6) is 0 Å². The van der Waals surface area contributed by atoms with Gasteiger partial charge in [0.15, 0.2) is 0 Å². The average molecular weight is 185 g/mol. The molecule has 1 radical (unpaired) electrons. The predicted molar refractivity (Wildman–Crippen MR) is 48.4 cm³/mol. The lowest BCUT2D eigenvalue weighted by Crippen LogP contribution is -2.29. The lowest BCUT2D eigenvalue weighted by Gasteiger charge is -1.99. The highest BCUT2D eigenvalue weighted by Gasteiger charge is 2.20. The van der Waals surface area contributed by atoms with E-state index >= 15 is 0 Å². The van der Waals surface area contributed by atoms with Crippen LogP contribution in [-0.2, 0) is 9.45 Å². The average Bonchev–Trinajstić information content (AvgIpc) is 2.82. The largest absolute Gasteiger partial charge is 0.480 e. The van der Waals surface area contributed by atoms with E-state index in [4.69, 9.17) is 9.76 Å². The van der Waals surface area contributed by atoms with E-state index in [2.05, 4.69) is 10.5 Å². The minimum atomic E-state index is -0.720. The minimum Gasteiger partial charge on any atom is -0.480 e. The lowest BCUT2D eigenvalue weighted by molar-refractivity contribution is -0.139. The fourth-order valence-corrected chi connectivity index (χ4v) is 1.19. The molecule has 2 aliphatic rings. The molecule has 5 nitrogen and oxygen atoms in total. The first-order valence-electron chi connectivity index (χ1n) is 4.43. The molecular formula is C7H14BN2O3. The van der Waals surface area contributed by atoms with Crippen molar-refractivity contribution < 1.29 is 14.6 Å². The number of hydrogen-bond acceptors (Lipinski definition) is 4. The van der Waals surface area contributed by atoms with Gasteiger partial charge in [-0.25, -0.2) is 0 Å². The van der Waals surface area contributed by atoms with Crippen LogP contribution >= 0.6 is 0 Å². The van der Waals surface area contributed by atoms with Gasteiger partial charge in [-0.2, -0.15) is 0 Å². The number of carbonyl (C=O) groups is 1. The van der Waals surface area contributed by atoms with E-state index in [9.17, 15) is 4.79 Å². The standard InChI is InChI=1S/C5H9NO2.C2H5BNO/c7-5(8)4-2-1-3-6-4;1-2-5-3-4-1/h4,6H,1-3H2,(H,7,8);4H,1-2H2/t4-;/m0./s1. The fourth-order valence-electron chi connectivity index (χ4n) is 1.19. The van der Waals surface area contributed by atoms with Crippen molar-refractivity contribution in [2.24, 2.45) is 0 Å². The summed E-state index contributed by atoms with van der Waals surface area (Å²) in [6.07, 6.45) is 1.78. The molecule has 0 saturated carbocycles. The molecule has 0 unspecified atom stereocenters. The Kier molecular flexibility index (Phi) is 4.81. The summed E-state index contributed by atoms with van der Waals surface area (Å²) in [6.45, 7) is 2.66. The molecule has 73 valence electrons. The van der Waals surface area contributed by atoms with Crippen LogP contribution < -0.4 is 10.5 Å². The molecule has 0 spiro atoms. The molecule has 0 aromatic rings. The number of carboxylic acids is 1. The number of rotatable bonds is 1. The maximum atomic E-state index is 10.1. The van der Waals surface area contributed by atoms with Crippen LogP contribution in [0.3, 0.4) is 0 Å². The molecule has 0 bridgehead atoms. The second-order valence-corrected chi connectivity index (χ2v) is 2.93. The van der Waals surface area contributed by atoms with Crippen molar-refractivity contribution in [3.63, 3.8) is 0 Å². The summed E-state index contributed by atoms with van der Waals surface area (Å²) in [5, 5.41) is 14.1. The second kappa shape index (κ2) is 5.96. The van der Waals surface area contributed by atoms with Gasteiger partial charge < -0.3 is 20.3 Å². The van der Waals surface area contributed by atoms with Crippen LogP contribution in [0.25, 0.3) is 0 Å². The second-order valence-electron chi connectivity index (χ2n) is 2.93. The van der Waals surface area contributed by atoms with Crippen LogP contribution in [0.15, 0.2) is 0 Å². The van der Waals surface area contributed by atoms with E-state index in [-0.39, 0.29) is 6.04 Å². The summed E-state index contributed by atoms with van der Waals surface area (Å²) in [7, 11) is 1.61. The van der Waals surface area contributed by atoms with Crippen LogP contribution in [0, 0.1) is 0 Å². The highest BCUT2D eigenvalue weighted by molar-refractivity contribution is 6.24. The third kappa shape index (κ3) is 4.26. The van der Waals surface area contributed by atoms with Crippen molar-refractivity contribution in [2.75, 3.05) is 19.7 Å². The molecule has 1 atom stereocenters. The van der Waals surface area contributed by atoms with Crippen LogP contribution in [-0.4, -0.2) is 44.4 Å². The van der Waals surface area contributed by atoms with E-state index in [0.29, 0.717) is 0 Å². The normalized spacial score (nSPS) is 26.0. The monoisotopic (exact) mass is 185 g/mol. The van der Waals surface area contributed by atoms with Crippen LogP contribution in [0.2, 0.25) is 0 Å². The Morgan fingerprint density at radius 2 is 2.38 bits per heavy atom. The fraction of sp³-hybridized carbons (Fsp3) is 0.857. The molecule has 2 aliphatic heterocycles. The minimum absolute atomic E-state index is 0.269. The van der Waals surface area contributed by atoms with Crippen molar-refractivity contribution in [2.45, 2.75) is 18.9 Å². The zero-order chi connectivity index (χ0) is 9.52. The smallest absolute Gasteiger partial charge is 0.395 e. The summed E-state index contributed by atoms with van der Waals surface area (Å²) in [4.78, 5) is 10.1. The van der Waals surface area contributed by atoms with Crippen molar-refractivity contribution in [1.82, 2.24) is 10.5 Å². The Balaban J connectivity index is 0.000000145. The quantitative estimate of drug-likeness (QED) is 0.455. The van der Waals surface area contributed by atoms with Gasteiger partial charge in [-0.05, 0) is 19.4 Å². The van der Waals surface area contributed by atoms with Gasteiger partial charge in [0.25, 0.3) is 0 Å². The summed E-state index contributed by atoms with van der Waals surface area (Å²) < 4.78 is 4.71. The Morgan fingerprint density at radius 3 is 2.62 bits per heavy atom. The number of hydrogen-bond donors (Lipinski definition) is 3.